The Morgan fingerprint density at radius 2 is 1.14 bits per heavy atom. The molecule has 0 N–H and O–H groups in total. The maximum atomic E-state index is 4.92. The van der Waals surface area contributed by atoms with E-state index in [2.05, 4.69) is 149 Å². The number of pyridine rings is 2. The van der Waals surface area contributed by atoms with Crippen molar-refractivity contribution in [1.29, 1.82) is 0 Å². The minimum atomic E-state index is 0.223. The highest BCUT2D eigenvalue weighted by Crippen LogP contribution is 2.45. The van der Waals surface area contributed by atoms with Crippen molar-refractivity contribution in [2.45, 2.75) is 12.5 Å². The van der Waals surface area contributed by atoms with Crippen molar-refractivity contribution in [3.63, 3.8) is 0 Å². The molecule has 0 radical (unpaired) electrons. The van der Waals surface area contributed by atoms with Crippen LogP contribution in [0.5, 0.6) is 0 Å². The molecule has 0 saturated carbocycles. The van der Waals surface area contributed by atoms with Crippen LogP contribution in [0.3, 0.4) is 0 Å². The van der Waals surface area contributed by atoms with E-state index in [9.17, 15) is 0 Å². The second-order valence-electron chi connectivity index (χ2n) is 12.9. The Balaban J connectivity index is 1.26. The number of rotatable bonds is 4. The number of hydrogen-bond donors (Lipinski definition) is 0. The first-order valence-electron chi connectivity index (χ1n) is 16.9. The summed E-state index contributed by atoms with van der Waals surface area (Å²) < 4.78 is 2.46. The van der Waals surface area contributed by atoms with Crippen LogP contribution in [0.15, 0.2) is 170 Å². The molecule has 3 heteroatoms. The van der Waals surface area contributed by atoms with E-state index in [4.69, 9.17) is 4.98 Å². The Hall–Kier alpha value is -6.32. The molecule has 0 spiro atoms. The van der Waals surface area contributed by atoms with Gasteiger partial charge < -0.3 is 4.57 Å². The van der Waals surface area contributed by atoms with E-state index in [0.29, 0.717) is 0 Å². The first kappa shape index (κ1) is 27.8. The normalized spacial score (nSPS) is 14.5. The van der Waals surface area contributed by atoms with Gasteiger partial charge in [0.05, 0.1) is 29.1 Å². The summed E-state index contributed by atoms with van der Waals surface area (Å²) in [6.07, 6.45) is 13.7. The molecule has 9 aromatic rings. The molecule has 1 atom stereocenters. The molecular formula is C46H31N3. The number of fused-ring (bicyclic) bond motifs is 6. The standard InChI is InChI=1S/C46H31N3/c1-2-14-34(15-3-1)49-43-24-23-33(27-39(43)40-28-42(48-29-44(40)49)41-20-10-11-25-47-41)46-37-18-8-6-16-35(37)45(36-17-7-9-19-38(36)46)32-22-21-30-12-4-5-13-31(30)26-32/h1-14,16-29,34H,15H2. The Kier molecular flexibility index (Phi) is 6.31. The van der Waals surface area contributed by atoms with Crippen molar-refractivity contribution >= 4 is 54.1 Å². The monoisotopic (exact) mass is 625 g/mol. The molecule has 0 saturated heterocycles. The van der Waals surface area contributed by atoms with Gasteiger partial charge in [-0.15, -0.1) is 0 Å². The average molecular weight is 626 g/mol. The molecule has 10 rings (SSSR count). The fraction of sp³-hybridized carbons (Fsp3) is 0.0435. The summed E-state index contributed by atoms with van der Waals surface area (Å²) in [6, 6.07) is 48.8. The number of benzene rings is 6. The Morgan fingerprint density at radius 3 is 1.84 bits per heavy atom. The van der Waals surface area contributed by atoms with Gasteiger partial charge >= 0.3 is 0 Å². The third-order valence-corrected chi connectivity index (χ3v) is 10.2. The molecule has 230 valence electrons. The van der Waals surface area contributed by atoms with E-state index < -0.39 is 0 Å². The number of hydrogen-bond acceptors (Lipinski definition) is 2. The second kappa shape index (κ2) is 11.1. The summed E-state index contributed by atoms with van der Waals surface area (Å²) in [5.41, 5.74) is 9.10. The molecule has 0 bridgehead atoms. The Morgan fingerprint density at radius 1 is 0.490 bits per heavy atom. The molecule has 0 fully saturated rings. The van der Waals surface area contributed by atoms with Gasteiger partial charge in [0, 0.05) is 22.5 Å². The number of aromatic nitrogens is 3. The molecular weight excluding hydrogens is 595 g/mol. The van der Waals surface area contributed by atoms with E-state index in [1.807, 2.05) is 30.6 Å². The lowest BCUT2D eigenvalue weighted by Crippen LogP contribution is -2.07. The minimum absolute atomic E-state index is 0.223. The van der Waals surface area contributed by atoms with E-state index in [0.717, 1.165) is 23.3 Å². The van der Waals surface area contributed by atoms with Crippen LogP contribution in [0.2, 0.25) is 0 Å². The zero-order valence-electron chi connectivity index (χ0n) is 26.8. The first-order valence-corrected chi connectivity index (χ1v) is 16.9. The lowest BCUT2D eigenvalue weighted by Gasteiger charge is -2.19. The quantitative estimate of drug-likeness (QED) is 0.182. The van der Waals surface area contributed by atoms with Gasteiger partial charge in [0.2, 0.25) is 0 Å². The van der Waals surface area contributed by atoms with Gasteiger partial charge in [0.15, 0.2) is 0 Å². The lowest BCUT2D eigenvalue weighted by atomic mass is 9.85. The fourth-order valence-corrected chi connectivity index (χ4v) is 7.97. The van der Waals surface area contributed by atoms with Gasteiger partial charge in [0.1, 0.15) is 0 Å². The van der Waals surface area contributed by atoms with Gasteiger partial charge in [-0.05, 0) is 97.4 Å². The zero-order chi connectivity index (χ0) is 32.3. The lowest BCUT2D eigenvalue weighted by molar-refractivity contribution is 0.647. The summed E-state index contributed by atoms with van der Waals surface area (Å²) in [5, 5.41) is 9.95. The van der Waals surface area contributed by atoms with E-state index in [1.54, 1.807) is 0 Å². The minimum Gasteiger partial charge on any atom is -0.332 e. The van der Waals surface area contributed by atoms with Crippen LogP contribution in [0.4, 0.5) is 0 Å². The third-order valence-electron chi connectivity index (χ3n) is 10.2. The zero-order valence-corrected chi connectivity index (χ0v) is 26.8. The predicted molar refractivity (Wildman–Crippen MR) is 206 cm³/mol. The third kappa shape index (κ3) is 4.43. The highest BCUT2D eigenvalue weighted by molar-refractivity contribution is 6.22. The van der Waals surface area contributed by atoms with E-state index in [-0.39, 0.29) is 6.04 Å². The maximum Gasteiger partial charge on any atom is 0.0893 e. The van der Waals surface area contributed by atoms with Crippen LogP contribution >= 0.6 is 0 Å². The molecule has 3 aromatic heterocycles. The highest BCUT2D eigenvalue weighted by atomic mass is 15.0. The van der Waals surface area contributed by atoms with Gasteiger partial charge in [-0.1, -0.05) is 121 Å². The van der Waals surface area contributed by atoms with Crippen molar-refractivity contribution in [3.8, 4) is 33.6 Å². The van der Waals surface area contributed by atoms with E-state index in [1.165, 1.54) is 70.9 Å². The average Bonchev–Trinajstić information content (AvgIpc) is 3.50. The molecule has 0 aliphatic heterocycles. The van der Waals surface area contributed by atoms with Gasteiger partial charge in [-0.25, -0.2) is 0 Å². The van der Waals surface area contributed by atoms with Crippen molar-refractivity contribution in [2.24, 2.45) is 0 Å². The van der Waals surface area contributed by atoms with Crippen molar-refractivity contribution in [3.05, 3.63) is 170 Å². The van der Waals surface area contributed by atoms with Crippen LogP contribution in [-0.4, -0.2) is 14.5 Å². The van der Waals surface area contributed by atoms with E-state index >= 15 is 0 Å². The van der Waals surface area contributed by atoms with Crippen LogP contribution in [0, 0.1) is 0 Å². The van der Waals surface area contributed by atoms with Crippen LogP contribution in [-0.2, 0) is 0 Å². The van der Waals surface area contributed by atoms with Crippen molar-refractivity contribution in [1.82, 2.24) is 14.5 Å². The Labute approximate surface area is 284 Å². The fourth-order valence-electron chi connectivity index (χ4n) is 7.97. The van der Waals surface area contributed by atoms with Crippen LogP contribution in [0.1, 0.15) is 12.5 Å². The van der Waals surface area contributed by atoms with Gasteiger partial charge in [-0.3, -0.25) is 9.97 Å². The first-order chi connectivity index (χ1) is 24.3. The summed E-state index contributed by atoms with van der Waals surface area (Å²) >= 11 is 0. The molecule has 3 nitrogen and oxygen atoms in total. The highest BCUT2D eigenvalue weighted by Gasteiger charge is 2.21. The maximum absolute atomic E-state index is 4.92. The molecule has 6 aromatic carbocycles. The molecule has 1 aliphatic rings. The van der Waals surface area contributed by atoms with Crippen molar-refractivity contribution in [2.75, 3.05) is 0 Å². The second-order valence-corrected chi connectivity index (χ2v) is 12.9. The largest absolute Gasteiger partial charge is 0.332 e. The summed E-state index contributed by atoms with van der Waals surface area (Å²) in [4.78, 5) is 9.55. The molecule has 3 heterocycles. The topological polar surface area (TPSA) is 30.7 Å². The Bertz CT molecular complexity index is 2750. The molecule has 1 aliphatic carbocycles. The smallest absolute Gasteiger partial charge is 0.0893 e. The molecule has 0 amide bonds. The van der Waals surface area contributed by atoms with Crippen LogP contribution in [0.25, 0.3) is 87.8 Å². The summed E-state index contributed by atoms with van der Waals surface area (Å²) in [7, 11) is 0. The van der Waals surface area contributed by atoms with Gasteiger partial charge in [0.25, 0.3) is 0 Å². The number of nitrogens with zero attached hydrogens (tertiary/aromatic N) is 3. The number of allylic oxidation sites excluding steroid dienone is 4. The summed E-state index contributed by atoms with van der Waals surface area (Å²) in [5.74, 6) is 0. The molecule has 1 unspecified atom stereocenters. The van der Waals surface area contributed by atoms with Crippen LogP contribution < -0.4 is 0 Å². The van der Waals surface area contributed by atoms with Crippen molar-refractivity contribution < 1.29 is 0 Å². The SMILES string of the molecule is C1=CCC(n2c3ccc(-c4c5ccccc5c(-c5ccc6ccccc6c5)c5ccccc45)cc3c3cc(-c4ccccn4)ncc32)C=C1. The summed E-state index contributed by atoms with van der Waals surface area (Å²) in [6.45, 7) is 0. The predicted octanol–water partition coefficient (Wildman–Crippen LogP) is 12.1. The van der Waals surface area contributed by atoms with Gasteiger partial charge in [-0.2, -0.15) is 0 Å². The molecule has 49 heavy (non-hydrogen) atoms.